The molecule has 0 spiro atoms. The number of para-hydroxylation sites is 1. The van der Waals surface area contributed by atoms with Crippen LogP contribution in [0.2, 0.25) is 21.6 Å². The summed E-state index contributed by atoms with van der Waals surface area (Å²) in [4.78, 5) is 16.5. The van der Waals surface area contributed by atoms with Crippen LogP contribution in [0.5, 0.6) is 17.2 Å². The molecule has 3 aromatic carbocycles. The molecule has 0 bridgehead atoms. The quantitative estimate of drug-likeness (QED) is 0.0940. The van der Waals surface area contributed by atoms with Crippen molar-refractivity contribution in [2.24, 2.45) is 0 Å². The zero-order chi connectivity index (χ0) is 39.5. The summed E-state index contributed by atoms with van der Waals surface area (Å²) in [6, 6.07) is 21.8. The molecule has 12 heteroatoms. The van der Waals surface area contributed by atoms with Crippen LogP contribution < -0.4 is 19.1 Å². The first-order valence-corrected chi connectivity index (χ1v) is 22.3. The van der Waals surface area contributed by atoms with Gasteiger partial charge in [0.25, 0.3) is 0 Å². The van der Waals surface area contributed by atoms with Crippen LogP contribution in [0.4, 0.5) is 10.5 Å². The highest BCUT2D eigenvalue weighted by molar-refractivity contribution is 6.77. The molecule has 0 saturated carbocycles. The molecule has 1 fully saturated rings. The van der Waals surface area contributed by atoms with Crippen LogP contribution in [-0.4, -0.2) is 96.3 Å². The topological polar surface area (TPSA) is 99.2 Å². The summed E-state index contributed by atoms with van der Waals surface area (Å²) in [5.41, 5.74) is 4.07. The second-order valence-corrected chi connectivity index (χ2v) is 21.4. The van der Waals surface area contributed by atoms with E-state index >= 15 is 0 Å². The van der Waals surface area contributed by atoms with Gasteiger partial charge >= 0.3 is 6.09 Å². The smallest absolute Gasteiger partial charge is 0.407 e. The maximum absolute atomic E-state index is 12.7. The maximum atomic E-state index is 12.7. The molecule has 302 valence electrons. The van der Waals surface area contributed by atoms with E-state index < -0.39 is 26.6 Å². The fourth-order valence-corrected chi connectivity index (χ4v) is 14.3. The summed E-state index contributed by atoms with van der Waals surface area (Å²) >= 11 is 6.22. The third-order valence-corrected chi connectivity index (χ3v) is 17.5. The Morgan fingerprint density at radius 1 is 0.891 bits per heavy atom. The van der Waals surface area contributed by atoms with Crippen molar-refractivity contribution in [3.8, 4) is 17.2 Å². The Morgan fingerprint density at radius 3 is 2.25 bits per heavy atom. The average Bonchev–Trinajstić information content (AvgIpc) is 3.16. The number of likely N-dealkylation sites (tertiary alicyclic amines) is 1. The molecule has 1 N–H and O–H groups in total. The van der Waals surface area contributed by atoms with Crippen LogP contribution in [0.15, 0.2) is 66.7 Å². The minimum atomic E-state index is -2.42. The van der Waals surface area contributed by atoms with Gasteiger partial charge < -0.3 is 43.0 Å². The highest BCUT2D eigenvalue weighted by Crippen LogP contribution is 2.46. The van der Waals surface area contributed by atoms with Crippen molar-refractivity contribution in [2.75, 3.05) is 64.6 Å². The van der Waals surface area contributed by atoms with E-state index in [1.165, 1.54) is 4.90 Å². The third kappa shape index (κ3) is 10.7. The van der Waals surface area contributed by atoms with Crippen molar-refractivity contribution >= 4 is 31.7 Å². The first-order chi connectivity index (χ1) is 26.4. The van der Waals surface area contributed by atoms with E-state index in [0.717, 1.165) is 47.8 Å². The second-order valence-electron chi connectivity index (χ2n) is 15.6. The maximum Gasteiger partial charge on any atom is 0.407 e. The Bertz CT molecular complexity index is 1640. The minimum Gasteiger partial charge on any atom is -0.493 e. The standard InChI is InChI=1S/C43H61ClN2O8Si/c1-30(2)55(31(3)4,32(5)6)54-41-28-46(43(47)48)27-40(53-29-33-14-19-39-37(26-33)45(21-25-52-39)20-10-22-49-7)42(41)34-15-17-35(18-16-34)50-23-11-24-51-38-13-9-8-12-36(38)44/h8-9,12-19,26,30-32,40-42H,10-11,20-25,27-29H2,1-7H3,(H,47,48). The van der Waals surface area contributed by atoms with E-state index in [2.05, 4.69) is 64.6 Å². The van der Waals surface area contributed by atoms with E-state index in [-0.39, 0.29) is 19.0 Å². The van der Waals surface area contributed by atoms with Gasteiger partial charge in [-0.2, -0.15) is 0 Å². The first kappa shape index (κ1) is 42.7. The van der Waals surface area contributed by atoms with Gasteiger partial charge in [0.2, 0.25) is 8.32 Å². The Balaban J connectivity index is 1.38. The number of anilines is 1. The molecule has 3 aromatic rings. The molecule has 3 unspecified atom stereocenters. The molecule has 5 rings (SSSR count). The predicted octanol–water partition coefficient (Wildman–Crippen LogP) is 9.65. The highest BCUT2D eigenvalue weighted by Gasteiger charge is 2.51. The largest absolute Gasteiger partial charge is 0.493 e. The number of nitrogens with zero attached hydrogens (tertiary/aromatic N) is 2. The van der Waals surface area contributed by atoms with E-state index in [0.29, 0.717) is 66.9 Å². The molecule has 2 aliphatic heterocycles. The number of carbonyl (C=O) groups is 1. The molecule has 0 aromatic heterocycles. The van der Waals surface area contributed by atoms with Gasteiger partial charge in [0, 0.05) is 39.1 Å². The number of ether oxygens (including phenoxy) is 5. The van der Waals surface area contributed by atoms with E-state index in [1.807, 2.05) is 48.5 Å². The predicted molar refractivity (Wildman–Crippen MR) is 221 cm³/mol. The van der Waals surface area contributed by atoms with Gasteiger partial charge in [-0.05, 0) is 70.6 Å². The second kappa shape index (κ2) is 20.1. The lowest BCUT2D eigenvalue weighted by Crippen LogP contribution is -2.59. The molecule has 1 amide bonds. The van der Waals surface area contributed by atoms with Crippen molar-refractivity contribution in [3.05, 3.63) is 82.9 Å². The molecule has 0 radical (unpaired) electrons. The Kier molecular flexibility index (Phi) is 15.6. The fraction of sp³-hybridized carbons (Fsp3) is 0.558. The average molecular weight is 798 g/mol. The number of piperidine rings is 1. The number of methoxy groups -OCH3 is 1. The molecular weight excluding hydrogens is 736 g/mol. The number of benzene rings is 3. The molecular formula is C43H61ClN2O8Si. The third-order valence-electron chi connectivity index (χ3n) is 11.1. The van der Waals surface area contributed by atoms with Crippen LogP contribution in [0.1, 0.15) is 71.4 Å². The Morgan fingerprint density at radius 2 is 1.58 bits per heavy atom. The van der Waals surface area contributed by atoms with Gasteiger partial charge in [0.1, 0.15) is 23.9 Å². The highest BCUT2D eigenvalue weighted by atomic mass is 35.5. The van der Waals surface area contributed by atoms with Crippen LogP contribution in [0, 0.1) is 0 Å². The van der Waals surface area contributed by atoms with Crippen molar-refractivity contribution < 1.29 is 38.0 Å². The molecule has 0 aliphatic carbocycles. The zero-order valence-electron chi connectivity index (χ0n) is 33.7. The molecule has 1 saturated heterocycles. The van der Waals surface area contributed by atoms with Crippen molar-refractivity contribution in [1.29, 1.82) is 0 Å². The lowest BCUT2D eigenvalue weighted by molar-refractivity contribution is -0.0630. The normalized spacial score (nSPS) is 18.8. The molecule has 2 aliphatic rings. The van der Waals surface area contributed by atoms with E-state index in [4.69, 9.17) is 39.7 Å². The van der Waals surface area contributed by atoms with Gasteiger partial charge in [-0.3, -0.25) is 0 Å². The molecule has 2 heterocycles. The zero-order valence-corrected chi connectivity index (χ0v) is 35.4. The molecule has 55 heavy (non-hydrogen) atoms. The van der Waals surface area contributed by atoms with Gasteiger partial charge in [0.15, 0.2) is 0 Å². The van der Waals surface area contributed by atoms with E-state index in [9.17, 15) is 9.90 Å². The Hall–Kier alpha value is -3.48. The lowest BCUT2D eigenvalue weighted by Gasteiger charge is -2.50. The monoisotopic (exact) mass is 796 g/mol. The summed E-state index contributed by atoms with van der Waals surface area (Å²) in [5, 5.41) is 11.0. The van der Waals surface area contributed by atoms with E-state index in [1.54, 1.807) is 7.11 Å². The Labute approximate surface area is 334 Å². The number of rotatable bonds is 19. The summed E-state index contributed by atoms with van der Waals surface area (Å²) in [6.07, 6.45) is -0.199. The summed E-state index contributed by atoms with van der Waals surface area (Å²) in [7, 11) is -0.696. The number of amides is 1. The van der Waals surface area contributed by atoms with Crippen LogP contribution >= 0.6 is 11.6 Å². The summed E-state index contributed by atoms with van der Waals surface area (Å²) in [5.74, 6) is 2.07. The van der Waals surface area contributed by atoms with Gasteiger partial charge in [-0.1, -0.05) is 83.5 Å². The van der Waals surface area contributed by atoms with Crippen LogP contribution in [-0.2, 0) is 20.5 Å². The number of fused-ring (bicyclic) bond motifs is 1. The van der Waals surface area contributed by atoms with Gasteiger partial charge in [0.05, 0.1) is 55.8 Å². The van der Waals surface area contributed by atoms with Crippen LogP contribution in [0.3, 0.4) is 0 Å². The first-order valence-electron chi connectivity index (χ1n) is 19.8. The number of carboxylic acid groups (broad SMARTS) is 1. The van der Waals surface area contributed by atoms with Crippen molar-refractivity contribution in [3.63, 3.8) is 0 Å². The number of halogens is 1. The number of hydrogen-bond acceptors (Lipinski definition) is 8. The molecule has 3 atom stereocenters. The lowest BCUT2D eigenvalue weighted by atomic mass is 9.84. The van der Waals surface area contributed by atoms with Crippen molar-refractivity contribution in [2.45, 2.75) is 95.7 Å². The van der Waals surface area contributed by atoms with Gasteiger partial charge in [-0.15, -0.1) is 0 Å². The summed E-state index contributed by atoms with van der Waals surface area (Å²) < 4.78 is 37.5. The molecule has 10 nitrogen and oxygen atoms in total. The number of hydrogen-bond donors (Lipinski definition) is 1. The fourth-order valence-electron chi connectivity index (χ4n) is 8.52. The van der Waals surface area contributed by atoms with Gasteiger partial charge in [-0.25, -0.2) is 4.79 Å². The van der Waals surface area contributed by atoms with Crippen LogP contribution in [0.25, 0.3) is 0 Å². The summed E-state index contributed by atoms with van der Waals surface area (Å²) in [6.45, 7) is 18.4. The minimum absolute atomic E-state index is 0.205. The SMILES string of the molecule is COCCCN1CCOc2ccc(COC3CN(C(=O)O)CC(O[Si](C(C)C)(C(C)C)C(C)C)C3c3ccc(OCCCOc4ccccc4Cl)cc3)cc21. The van der Waals surface area contributed by atoms with Crippen molar-refractivity contribution in [1.82, 2.24) is 4.90 Å².